The Bertz CT molecular complexity index is 646. The van der Waals surface area contributed by atoms with Crippen LogP contribution >= 0.6 is 0 Å². The Balaban J connectivity index is 1.83. The van der Waals surface area contributed by atoms with Crippen molar-refractivity contribution >= 4 is 5.91 Å². The Labute approximate surface area is 143 Å². The van der Waals surface area contributed by atoms with E-state index in [1.165, 1.54) is 0 Å². The molecule has 0 aliphatic carbocycles. The molecule has 1 N–H and O–H groups in total. The normalized spacial score (nSPS) is 18.1. The van der Waals surface area contributed by atoms with Gasteiger partial charge in [0.1, 0.15) is 5.76 Å². The van der Waals surface area contributed by atoms with E-state index in [2.05, 4.69) is 10.3 Å². The summed E-state index contributed by atoms with van der Waals surface area (Å²) in [6, 6.07) is 9.72. The van der Waals surface area contributed by atoms with Gasteiger partial charge in [0.15, 0.2) is 5.76 Å². The van der Waals surface area contributed by atoms with Crippen LogP contribution in [-0.4, -0.2) is 34.9 Å². The first-order valence-corrected chi connectivity index (χ1v) is 8.78. The van der Waals surface area contributed by atoms with Crippen LogP contribution in [0.25, 0.3) is 0 Å². The second-order valence-electron chi connectivity index (χ2n) is 6.21. The van der Waals surface area contributed by atoms with Gasteiger partial charge < -0.3 is 14.6 Å². The van der Waals surface area contributed by atoms with Crippen LogP contribution in [0.3, 0.4) is 0 Å². The predicted molar refractivity (Wildman–Crippen MR) is 92.7 cm³/mol. The second kappa shape index (κ2) is 8.11. The zero-order valence-electron chi connectivity index (χ0n) is 14.2. The number of pyridine rings is 1. The molecule has 5 nitrogen and oxygen atoms in total. The number of furan rings is 1. The summed E-state index contributed by atoms with van der Waals surface area (Å²) in [4.78, 5) is 19.4. The highest BCUT2D eigenvalue weighted by Gasteiger charge is 2.27. The molecule has 0 unspecified atom stereocenters. The van der Waals surface area contributed by atoms with Gasteiger partial charge in [0.25, 0.3) is 5.91 Å². The van der Waals surface area contributed by atoms with Crippen molar-refractivity contribution in [3.8, 4) is 0 Å². The van der Waals surface area contributed by atoms with Crippen molar-refractivity contribution in [1.82, 2.24) is 15.2 Å². The van der Waals surface area contributed by atoms with Gasteiger partial charge in [-0.15, -0.1) is 0 Å². The van der Waals surface area contributed by atoms with Crippen LogP contribution in [0.15, 0.2) is 40.9 Å². The van der Waals surface area contributed by atoms with Crippen LogP contribution in [0.5, 0.6) is 0 Å². The average Bonchev–Trinajstić information content (AvgIpc) is 2.95. The van der Waals surface area contributed by atoms with Gasteiger partial charge in [0.05, 0.1) is 12.2 Å². The smallest absolute Gasteiger partial charge is 0.290 e. The fraction of sp³-hybridized carbons (Fsp3) is 0.474. The zero-order valence-corrected chi connectivity index (χ0v) is 14.2. The van der Waals surface area contributed by atoms with Crippen molar-refractivity contribution < 1.29 is 9.21 Å². The molecular weight excluding hydrogens is 302 g/mol. The topological polar surface area (TPSA) is 58.4 Å². The molecule has 1 aliphatic heterocycles. The summed E-state index contributed by atoms with van der Waals surface area (Å²) < 4.78 is 5.71. The zero-order chi connectivity index (χ0) is 16.8. The highest BCUT2D eigenvalue weighted by Crippen LogP contribution is 2.20. The summed E-state index contributed by atoms with van der Waals surface area (Å²) in [5.41, 5.74) is 0.908. The molecule has 0 bridgehead atoms. The third-order valence-corrected chi connectivity index (χ3v) is 4.53. The Morgan fingerprint density at radius 3 is 2.96 bits per heavy atom. The number of carbonyl (C=O) groups is 1. The molecule has 3 heterocycles. The number of aromatic nitrogens is 1. The van der Waals surface area contributed by atoms with Crippen LogP contribution in [0, 0.1) is 0 Å². The van der Waals surface area contributed by atoms with E-state index in [1.54, 1.807) is 12.3 Å². The lowest BCUT2D eigenvalue weighted by Gasteiger charge is -2.30. The first-order valence-electron chi connectivity index (χ1n) is 8.78. The standard InChI is InChI=1S/C19H25N3O2/c1-2-17-8-9-18(24-17)19(23)22(14-15-6-3-4-12-21-15)16-7-5-11-20-13-10-16/h3-4,6,8-9,12,16,20H,2,5,7,10-11,13-14H2,1H3/t16-/m1/s1. The van der Waals surface area contributed by atoms with Crippen molar-refractivity contribution in [2.24, 2.45) is 0 Å². The minimum Gasteiger partial charge on any atom is -0.456 e. The molecule has 128 valence electrons. The molecule has 3 rings (SSSR count). The molecule has 1 saturated heterocycles. The van der Waals surface area contributed by atoms with Crippen molar-refractivity contribution in [2.75, 3.05) is 13.1 Å². The number of hydrogen-bond acceptors (Lipinski definition) is 4. The van der Waals surface area contributed by atoms with Crippen molar-refractivity contribution in [2.45, 2.75) is 45.2 Å². The molecule has 0 spiro atoms. The summed E-state index contributed by atoms with van der Waals surface area (Å²) in [7, 11) is 0. The maximum atomic E-state index is 13.1. The molecule has 24 heavy (non-hydrogen) atoms. The SMILES string of the molecule is CCc1ccc(C(=O)N(Cc2ccccn2)[C@@H]2CCCNCC2)o1. The van der Waals surface area contributed by atoms with E-state index < -0.39 is 0 Å². The lowest BCUT2D eigenvalue weighted by atomic mass is 10.1. The van der Waals surface area contributed by atoms with Gasteiger partial charge in [-0.05, 0) is 56.6 Å². The number of nitrogens with zero attached hydrogens (tertiary/aromatic N) is 2. The fourth-order valence-corrected chi connectivity index (χ4v) is 3.17. The largest absolute Gasteiger partial charge is 0.456 e. The third kappa shape index (κ3) is 4.03. The molecular formula is C19H25N3O2. The Kier molecular flexibility index (Phi) is 5.64. The van der Waals surface area contributed by atoms with E-state index in [4.69, 9.17) is 4.42 Å². The highest BCUT2D eigenvalue weighted by atomic mass is 16.4. The van der Waals surface area contributed by atoms with E-state index in [-0.39, 0.29) is 11.9 Å². The lowest BCUT2D eigenvalue weighted by Crippen LogP contribution is -2.40. The van der Waals surface area contributed by atoms with E-state index in [0.717, 1.165) is 50.2 Å². The van der Waals surface area contributed by atoms with Crippen molar-refractivity contribution in [3.63, 3.8) is 0 Å². The molecule has 2 aromatic heterocycles. The van der Waals surface area contributed by atoms with Gasteiger partial charge in [0, 0.05) is 18.7 Å². The Morgan fingerprint density at radius 2 is 2.21 bits per heavy atom. The Hall–Kier alpha value is -2.14. The van der Waals surface area contributed by atoms with Crippen LogP contribution < -0.4 is 5.32 Å². The molecule has 0 aromatic carbocycles. The monoisotopic (exact) mass is 327 g/mol. The third-order valence-electron chi connectivity index (χ3n) is 4.53. The summed E-state index contributed by atoms with van der Waals surface area (Å²) in [6.45, 7) is 4.50. The molecule has 0 radical (unpaired) electrons. The molecule has 1 fully saturated rings. The summed E-state index contributed by atoms with van der Waals surface area (Å²) in [5, 5.41) is 3.41. The van der Waals surface area contributed by atoms with Gasteiger partial charge >= 0.3 is 0 Å². The van der Waals surface area contributed by atoms with Crippen LogP contribution in [0.4, 0.5) is 0 Å². The first kappa shape index (κ1) is 16.7. The van der Waals surface area contributed by atoms with Crippen molar-refractivity contribution in [1.29, 1.82) is 0 Å². The van der Waals surface area contributed by atoms with E-state index in [9.17, 15) is 4.79 Å². The minimum atomic E-state index is -0.0350. The van der Waals surface area contributed by atoms with Gasteiger partial charge in [-0.3, -0.25) is 9.78 Å². The molecule has 0 saturated carbocycles. The van der Waals surface area contributed by atoms with E-state index in [1.807, 2.05) is 36.1 Å². The van der Waals surface area contributed by atoms with E-state index in [0.29, 0.717) is 12.3 Å². The van der Waals surface area contributed by atoms with Gasteiger partial charge in [-0.2, -0.15) is 0 Å². The maximum absolute atomic E-state index is 13.1. The van der Waals surface area contributed by atoms with Crippen LogP contribution in [-0.2, 0) is 13.0 Å². The summed E-state index contributed by atoms with van der Waals surface area (Å²) in [6.07, 6.45) is 5.61. The van der Waals surface area contributed by atoms with Gasteiger partial charge in [-0.1, -0.05) is 13.0 Å². The molecule has 2 aromatic rings. The maximum Gasteiger partial charge on any atom is 0.290 e. The number of hydrogen-bond donors (Lipinski definition) is 1. The molecule has 1 atom stereocenters. The predicted octanol–water partition coefficient (Wildman–Crippen LogP) is 3.02. The number of amides is 1. The quantitative estimate of drug-likeness (QED) is 0.917. The van der Waals surface area contributed by atoms with Gasteiger partial charge in [-0.25, -0.2) is 0 Å². The number of carbonyl (C=O) groups excluding carboxylic acids is 1. The minimum absolute atomic E-state index is 0.0350. The lowest BCUT2D eigenvalue weighted by molar-refractivity contribution is 0.0608. The number of nitrogens with one attached hydrogen (secondary N) is 1. The van der Waals surface area contributed by atoms with Crippen LogP contribution in [0.2, 0.25) is 0 Å². The molecule has 5 heteroatoms. The highest BCUT2D eigenvalue weighted by molar-refractivity contribution is 5.91. The molecule has 1 amide bonds. The fourth-order valence-electron chi connectivity index (χ4n) is 3.17. The second-order valence-corrected chi connectivity index (χ2v) is 6.21. The number of aryl methyl sites for hydroxylation is 1. The van der Waals surface area contributed by atoms with E-state index >= 15 is 0 Å². The molecule has 1 aliphatic rings. The summed E-state index contributed by atoms with van der Waals surface area (Å²) in [5.74, 6) is 1.24. The van der Waals surface area contributed by atoms with Crippen LogP contribution in [0.1, 0.15) is 48.2 Å². The summed E-state index contributed by atoms with van der Waals surface area (Å²) >= 11 is 0. The Morgan fingerprint density at radius 1 is 1.29 bits per heavy atom. The first-order chi connectivity index (χ1) is 11.8. The average molecular weight is 327 g/mol. The number of rotatable bonds is 5. The van der Waals surface area contributed by atoms with Gasteiger partial charge in [0.2, 0.25) is 0 Å². The van der Waals surface area contributed by atoms with Crippen molar-refractivity contribution in [3.05, 3.63) is 53.7 Å².